The van der Waals surface area contributed by atoms with Crippen LogP contribution in [0.15, 0.2) is 58.8 Å². The van der Waals surface area contributed by atoms with Gasteiger partial charge in [-0.15, -0.1) is 11.3 Å². The summed E-state index contributed by atoms with van der Waals surface area (Å²) >= 11 is 14.1. The van der Waals surface area contributed by atoms with Crippen LogP contribution in [0.1, 0.15) is 41.0 Å². The maximum atomic E-state index is 13.3. The number of hydrogen-bond donors (Lipinski definition) is 0. The molecule has 2 atom stereocenters. The third kappa shape index (κ3) is 5.40. The Kier molecular flexibility index (Phi) is 8.20. The number of carbonyl (C=O) groups excluding carboxylic acids is 1. The summed E-state index contributed by atoms with van der Waals surface area (Å²) in [5.41, 5.74) is 3.88. The third-order valence-corrected chi connectivity index (χ3v) is 11.3. The SMILES string of the molecule is Cc1ccccc1C1c2ccsc2CCN1CCC(=O)N1CCN(S(=O)(=O)c2cc(Cl)ccc2Cl)C(C)C1. The Morgan fingerprint density at radius 3 is 2.61 bits per heavy atom. The van der Waals surface area contributed by atoms with Crippen molar-refractivity contribution < 1.29 is 13.2 Å². The highest BCUT2D eigenvalue weighted by Gasteiger charge is 2.37. The fraction of sp³-hybridized carbons (Fsp3) is 0.393. The van der Waals surface area contributed by atoms with Gasteiger partial charge in [0.2, 0.25) is 15.9 Å². The topological polar surface area (TPSA) is 60.9 Å². The first kappa shape index (κ1) is 27.6. The van der Waals surface area contributed by atoms with Crippen molar-refractivity contribution in [3.63, 3.8) is 0 Å². The van der Waals surface area contributed by atoms with Gasteiger partial charge in [0.15, 0.2) is 0 Å². The van der Waals surface area contributed by atoms with Crippen molar-refractivity contribution in [2.24, 2.45) is 0 Å². The molecule has 1 fully saturated rings. The zero-order valence-electron chi connectivity index (χ0n) is 21.4. The van der Waals surface area contributed by atoms with E-state index in [1.54, 1.807) is 11.0 Å². The summed E-state index contributed by atoms with van der Waals surface area (Å²) in [5, 5.41) is 2.61. The summed E-state index contributed by atoms with van der Waals surface area (Å²) in [5.74, 6) is 0.0503. The molecule has 38 heavy (non-hydrogen) atoms. The summed E-state index contributed by atoms with van der Waals surface area (Å²) < 4.78 is 28.1. The Bertz CT molecular complexity index is 1440. The molecular formula is C28H31Cl2N3O3S2. The highest BCUT2D eigenvalue weighted by molar-refractivity contribution is 7.89. The van der Waals surface area contributed by atoms with E-state index in [1.165, 1.54) is 38.0 Å². The van der Waals surface area contributed by atoms with Crippen LogP contribution in [-0.2, 0) is 21.2 Å². The predicted octanol–water partition coefficient (Wildman–Crippen LogP) is 5.62. The van der Waals surface area contributed by atoms with Crippen molar-refractivity contribution in [1.82, 2.24) is 14.1 Å². The van der Waals surface area contributed by atoms with Crippen LogP contribution in [0.2, 0.25) is 10.0 Å². The van der Waals surface area contributed by atoms with Crippen molar-refractivity contribution in [2.45, 2.75) is 43.7 Å². The van der Waals surface area contributed by atoms with Crippen LogP contribution in [0.5, 0.6) is 0 Å². The van der Waals surface area contributed by atoms with Gasteiger partial charge in [-0.1, -0.05) is 47.5 Å². The zero-order chi connectivity index (χ0) is 27.0. The van der Waals surface area contributed by atoms with Gasteiger partial charge in [0, 0.05) is 55.1 Å². The van der Waals surface area contributed by atoms with E-state index in [1.807, 2.05) is 18.3 Å². The minimum absolute atomic E-state index is 0.00145. The first-order valence-corrected chi connectivity index (χ1v) is 15.8. The smallest absolute Gasteiger partial charge is 0.244 e. The molecule has 0 saturated carbocycles. The fourth-order valence-electron chi connectivity index (χ4n) is 5.59. The van der Waals surface area contributed by atoms with Gasteiger partial charge < -0.3 is 4.90 Å². The number of sulfonamides is 1. The Morgan fingerprint density at radius 1 is 1.05 bits per heavy atom. The monoisotopic (exact) mass is 591 g/mol. The van der Waals surface area contributed by atoms with Crippen LogP contribution in [0.3, 0.4) is 0 Å². The molecule has 1 amide bonds. The summed E-state index contributed by atoms with van der Waals surface area (Å²) in [7, 11) is -3.84. The molecule has 5 rings (SSSR count). The first-order chi connectivity index (χ1) is 18.2. The normalized spacial score (nSPS) is 20.9. The molecule has 3 aromatic rings. The van der Waals surface area contributed by atoms with Crippen LogP contribution in [-0.4, -0.2) is 67.2 Å². The van der Waals surface area contributed by atoms with Gasteiger partial charge in [-0.05, 0) is 66.6 Å². The Morgan fingerprint density at radius 2 is 1.84 bits per heavy atom. The Balaban J connectivity index is 1.26. The number of halogens is 2. The van der Waals surface area contributed by atoms with E-state index in [2.05, 4.69) is 47.5 Å². The van der Waals surface area contributed by atoms with Gasteiger partial charge in [0.05, 0.1) is 11.1 Å². The van der Waals surface area contributed by atoms with Crippen molar-refractivity contribution in [1.29, 1.82) is 0 Å². The van der Waals surface area contributed by atoms with Gasteiger partial charge in [-0.25, -0.2) is 8.42 Å². The van der Waals surface area contributed by atoms with Crippen LogP contribution < -0.4 is 0 Å². The number of hydrogen-bond acceptors (Lipinski definition) is 5. The average Bonchev–Trinajstić information content (AvgIpc) is 3.37. The van der Waals surface area contributed by atoms with Gasteiger partial charge in [-0.2, -0.15) is 4.31 Å². The lowest BCUT2D eigenvalue weighted by Crippen LogP contribution is -2.55. The van der Waals surface area contributed by atoms with Gasteiger partial charge in [0.1, 0.15) is 4.90 Å². The lowest BCUT2D eigenvalue weighted by atomic mass is 9.90. The molecule has 2 aromatic carbocycles. The third-order valence-electron chi connectivity index (χ3n) is 7.56. The molecule has 2 aliphatic rings. The molecule has 2 aliphatic heterocycles. The summed E-state index contributed by atoms with van der Waals surface area (Å²) in [6, 6.07) is 14.9. The van der Waals surface area contributed by atoms with Crippen molar-refractivity contribution in [3.05, 3.63) is 85.5 Å². The Hall–Kier alpha value is -1.94. The number of thiophene rings is 1. The molecule has 202 valence electrons. The van der Waals surface area contributed by atoms with Crippen molar-refractivity contribution in [2.75, 3.05) is 32.7 Å². The number of nitrogens with zero attached hydrogens (tertiary/aromatic N) is 3. The molecule has 1 aromatic heterocycles. The van der Waals surface area contributed by atoms with E-state index in [9.17, 15) is 13.2 Å². The molecule has 1 saturated heterocycles. The average molecular weight is 593 g/mol. The lowest BCUT2D eigenvalue weighted by molar-refractivity contribution is -0.133. The quantitative estimate of drug-likeness (QED) is 0.373. The molecule has 0 aliphatic carbocycles. The van der Waals surface area contributed by atoms with Gasteiger partial charge in [0.25, 0.3) is 0 Å². The zero-order valence-corrected chi connectivity index (χ0v) is 24.6. The molecule has 10 heteroatoms. The second kappa shape index (κ2) is 11.3. The Labute approximate surface area is 238 Å². The fourth-order valence-corrected chi connectivity index (χ4v) is 8.85. The second-order valence-electron chi connectivity index (χ2n) is 9.97. The molecule has 0 bridgehead atoms. The van der Waals surface area contributed by atoms with E-state index >= 15 is 0 Å². The molecule has 2 unspecified atom stereocenters. The minimum atomic E-state index is -3.84. The number of piperazine rings is 1. The van der Waals surface area contributed by atoms with Crippen molar-refractivity contribution >= 4 is 50.5 Å². The summed E-state index contributed by atoms with van der Waals surface area (Å²) in [6.07, 6.45) is 1.38. The van der Waals surface area contributed by atoms with Crippen LogP contribution in [0, 0.1) is 6.92 Å². The summed E-state index contributed by atoms with van der Waals surface area (Å²) in [4.78, 5) is 18.9. The maximum Gasteiger partial charge on any atom is 0.244 e. The highest BCUT2D eigenvalue weighted by atomic mass is 35.5. The lowest BCUT2D eigenvalue weighted by Gasteiger charge is -2.40. The maximum absolute atomic E-state index is 13.3. The van der Waals surface area contributed by atoms with E-state index < -0.39 is 10.0 Å². The van der Waals surface area contributed by atoms with Gasteiger partial charge >= 0.3 is 0 Å². The van der Waals surface area contributed by atoms with E-state index in [0.29, 0.717) is 31.1 Å². The van der Waals surface area contributed by atoms with Gasteiger partial charge in [-0.3, -0.25) is 9.69 Å². The number of rotatable bonds is 6. The number of amides is 1. The molecule has 3 heterocycles. The van der Waals surface area contributed by atoms with E-state index in [-0.39, 0.29) is 34.5 Å². The molecule has 0 N–H and O–H groups in total. The largest absolute Gasteiger partial charge is 0.340 e. The minimum Gasteiger partial charge on any atom is -0.340 e. The van der Waals surface area contributed by atoms with Crippen LogP contribution in [0.4, 0.5) is 0 Å². The predicted molar refractivity (Wildman–Crippen MR) is 154 cm³/mol. The van der Waals surface area contributed by atoms with E-state index in [4.69, 9.17) is 23.2 Å². The molecule has 0 radical (unpaired) electrons. The second-order valence-corrected chi connectivity index (χ2v) is 13.7. The number of benzene rings is 2. The standard InChI is InChI=1S/C28H31Cl2N3O3S2/c1-19-5-3-4-6-22(19)28-23-11-16-37-25(23)9-12-31(28)13-10-27(34)32-14-15-33(20(2)18-32)38(35,36)26-17-21(29)7-8-24(26)30/h3-8,11,16-17,20,28H,9-10,12-15,18H2,1-2H3. The summed E-state index contributed by atoms with van der Waals surface area (Å²) in [6.45, 7) is 6.42. The molecule has 0 spiro atoms. The van der Waals surface area contributed by atoms with E-state index in [0.717, 1.165) is 13.0 Å². The first-order valence-electron chi connectivity index (χ1n) is 12.8. The van der Waals surface area contributed by atoms with Crippen LogP contribution >= 0.6 is 34.5 Å². The number of carbonyl (C=O) groups is 1. The molecule has 6 nitrogen and oxygen atoms in total. The van der Waals surface area contributed by atoms with Crippen LogP contribution in [0.25, 0.3) is 0 Å². The molecular weight excluding hydrogens is 561 g/mol. The highest BCUT2D eigenvalue weighted by Crippen LogP contribution is 2.39. The number of fused-ring (bicyclic) bond motifs is 1. The van der Waals surface area contributed by atoms with Crippen molar-refractivity contribution in [3.8, 4) is 0 Å². The number of aryl methyl sites for hydroxylation is 1.